The molecule has 132 valence electrons. The molecule has 0 fully saturated rings. The van der Waals surface area contributed by atoms with Gasteiger partial charge in [-0.2, -0.15) is 0 Å². The molecular weight excluding hydrogens is 343 g/mol. The predicted molar refractivity (Wildman–Crippen MR) is 95.4 cm³/mol. The Balaban J connectivity index is 1.66. The van der Waals surface area contributed by atoms with Gasteiger partial charge in [-0.15, -0.1) is 11.8 Å². The molecule has 0 aromatic heterocycles. The molecule has 25 heavy (non-hydrogen) atoms. The molecule has 7 heteroatoms. The summed E-state index contributed by atoms with van der Waals surface area (Å²) in [6.07, 6.45) is -0.831. The summed E-state index contributed by atoms with van der Waals surface area (Å²) >= 11 is 1.45. The zero-order valence-electron chi connectivity index (χ0n) is 13.7. The molecule has 0 aliphatic rings. The van der Waals surface area contributed by atoms with Crippen molar-refractivity contribution in [2.75, 3.05) is 5.75 Å². The quantitative estimate of drug-likeness (QED) is 0.743. The van der Waals surface area contributed by atoms with Gasteiger partial charge in [-0.05, 0) is 36.8 Å². The summed E-state index contributed by atoms with van der Waals surface area (Å²) in [6, 6.07) is 15.1. The van der Waals surface area contributed by atoms with E-state index in [1.54, 1.807) is 0 Å². The van der Waals surface area contributed by atoms with Crippen molar-refractivity contribution in [1.82, 2.24) is 10.9 Å². The van der Waals surface area contributed by atoms with Crippen molar-refractivity contribution in [2.45, 2.75) is 18.8 Å². The highest BCUT2D eigenvalue weighted by atomic mass is 32.2. The lowest BCUT2D eigenvalue weighted by Gasteiger charge is -2.15. The largest absolute Gasteiger partial charge is 0.481 e. The maximum absolute atomic E-state index is 12.8. The highest BCUT2D eigenvalue weighted by Gasteiger charge is 2.15. The molecular formula is C18H19FN2O3S. The minimum atomic E-state index is -0.831. The van der Waals surface area contributed by atoms with Gasteiger partial charge in [0.2, 0.25) is 5.91 Å². The van der Waals surface area contributed by atoms with Crippen LogP contribution < -0.4 is 15.6 Å². The Morgan fingerprint density at radius 1 is 1.08 bits per heavy atom. The molecule has 0 aliphatic carbocycles. The highest BCUT2D eigenvalue weighted by Crippen LogP contribution is 2.13. The molecule has 0 spiro atoms. The number of halogens is 1. The van der Waals surface area contributed by atoms with Crippen molar-refractivity contribution in [3.63, 3.8) is 0 Å². The van der Waals surface area contributed by atoms with Crippen molar-refractivity contribution >= 4 is 23.6 Å². The lowest BCUT2D eigenvalue weighted by Crippen LogP contribution is -2.47. The second kappa shape index (κ2) is 9.68. The van der Waals surface area contributed by atoms with Crippen LogP contribution in [0.1, 0.15) is 12.5 Å². The molecule has 2 aromatic carbocycles. The third-order valence-corrected chi connectivity index (χ3v) is 4.17. The molecule has 0 bridgehead atoms. The van der Waals surface area contributed by atoms with Crippen LogP contribution >= 0.6 is 11.8 Å². The van der Waals surface area contributed by atoms with Gasteiger partial charge in [0.25, 0.3) is 5.91 Å². The lowest BCUT2D eigenvalue weighted by molar-refractivity contribution is -0.131. The van der Waals surface area contributed by atoms with Gasteiger partial charge in [0.05, 0.1) is 5.75 Å². The Labute approximate surface area is 149 Å². The van der Waals surface area contributed by atoms with E-state index in [1.807, 2.05) is 30.3 Å². The Morgan fingerprint density at radius 2 is 1.76 bits per heavy atom. The SMILES string of the molecule is CC(Oc1ccc(F)cc1)C(=O)NNC(=O)CSCc1ccccc1. The molecule has 0 saturated carbocycles. The maximum Gasteiger partial charge on any atom is 0.279 e. The van der Waals surface area contributed by atoms with E-state index in [-0.39, 0.29) is 17.5 Å². The first kappa shape index (κ1) is 18.8. The summed E-state index contributed by atoms with van der Waals surface area (Å²) in [5.74, 6) is 0.127. The van der Waals surface area contributed by atoms with Crippen LogP contribution in [0.15, 0.2) is 54.6 Å². The topological polar surface area (TPSA) is 67.4 Å². The van der Waals surface area contributed by atoms with Crippen molar-refractivity contribution < 1.29 is 18.7 Å². The zero-order valence-corrected chi connectivity index (χ0v) is 14.5. The number of hydrogen-bond donors (Lipinski definition) is 2. The molecule has 1 atom stereocenters. The number of thioether (sulfide) groups is 1. The minimum Gasteiger partial charge on any atom is -0.481 e. The standard InChI is InChI=1S/C18H19FN2O3S/c1-13(24-16-9-7-15(19)8-10-16)18(23)21-20-17(22)12-25-11-14-5-3-2-4-6-14/h2-10,13H,11-12H2,1H3,(H,20,22)(H,21,23). The zero-order chi connectivity index (χ0) is 18.1. The molecule has 0 heterocycles. The molecule has 2 N–H and O–H groups in total. The van der Waals surface area contributed by atoms with Gasteiger partial charge in [-0.1, -0.05) is 30.3 Å². The number of rotatable bonds is 7. The average molecular weight is 362 g/mol. The van der Waals surface area contributed by atoms with Crippen molar-refractivity contribution in [3.05, 3.63) is 66.0 Å². The van der Waals surface area contributed by atoms with Gasteiger partial charge >= 0.3 is 0 Å². The molecule has 0 aliphatic heterocycles. The van der Waals surface area contributed by atoms with Gasteiger partial charge in [0, 0.05) is 5.75 Å². The number of benzene rings is 2. The molecule has 2 rings (SSSR count). The van der Waals surface area contributed by atoms with Crippen LogP contribution in [0, 0.1) is 5.82 Å². The summed E-state index contributed by atoms with van der Waals surface area (Å²) in [5, 5.41) is 0. The van der Waals surface area contributed by atoms with Crippen LogP contribution in [0.2, 0.25) is 0 Å². The fraction of sp³-hybridized carbons (Fsp3) is 0.222. The van der Waals surface area contributed by atoms with Crippen molar-refractivity contribution in [3.8, 4) is 5.75 Å². The van der Waals surface area contributed by atoms with E-state index >= 15 is 0 Å². The maximum atomic E-state index is 12.8. The van der Waals surface area contributed by atoms with Crippen molar-refractivity contribution in [2.24, 2.45) is 0 Å². The number of carbonyl (C=O) groups is 2. The lowest BCUT2D eigenvalue weighted by atomic mass is 10.2. The summed E-state index contributed by atoms with van der Waals surface area (Å²) in [4.78, 5) is 23.6. The van der Waals surface area contributed by atoms with E-state index in [0.717, 1.165) is 5.56 Å². The number of hydrogen-bond acceptors (Lipinski definition) is 4. The normalized spacial score (nSPS) is 11.4. The van der Waals surface area contributed by atoms with Gasteiger partial charge in [-0.3, -0.25) is 20.4 Å². The van der Waals surface area contributed by atoms with Gasteiger partial charge in [0.1, 0.15) is 11.6 Å². The fourth-order valence-electron chi connectivity index (χ4n) is 1.88. The van der Waals surface area contributed by atoms with Crippen LogP contribution in [-0.4, -0.2) is 23.7 Å². The Morgan fingerprint density at radius 3 is 2.44 bits per heavy atom. The second-order valence-electron chi connectivity index (χ2n) is 5.23. The smallest absolute Gasteiger partial charge is 0.279 e. The molecule has 0 radical (unpaired) electrons. The molecule has 2 amide bonds. The number of amides is 2. The third kappa shape index (κ3) is 6.84. The summed E-state index contributed by atoms with van der Waals surface area (Å²) in [7, 11) is 0. The Kier molecular flexibility index (Phi) is 7.28. The number of nitrogens with one attached hydrogen (secondary N) is 2. The average Bonchev–Trinajstić information content (AvgIpc) is 2.62. The minimum absolute atomic E-state index is 0.225. The highest BCUT2D eigenvalue weighted by molar-refractivity contribution is 7.99. The number of carbonyl (C=O) groups excluding carboxylic acids is 2. The van der Waals surface area contributed by atoms with E-state index in [4.69, 9.17) is 4.74 Å². The first-order valence-electron chi connectivity index (χ1n) is 7.67. The summed E-state index contributed by atoms with van der Waals surface area (Å²) in [5.41, 5.74) is 5.79. The van der Waals surface area contributed by atoms with E-state index < -0.39 is 12.0 Å². The van der Waals surface area contributed by atoms with E-state index in [9.17, 15) is 14.0 Å². The monoisotopic (exact) mass is 362 g/mol. The van der Waals surface area contributed by atoms with Crippen LogP contribution in [0.3, 0.4) is 0 Å². The van der Waals surface area contributed by atoms with Crippen LogP contribution in [0.25, 0.3) is 0 Å². The van der Waals surface area contributed by atoms with Crippen molar-refractivity contribution in [1.29, 1.82) is 0 Å². The van der Waals surface area contributed by atoms with Gasteiger partial charge in [0.15, 0.2) is 6.10 Å². The van der Waals surface area contributed by atoms with E-state index in [0.29, 0.717) is 11.5 Å². The van der Waals surface area contributed by atoms with E-state index in [2.05, 4.69) is 10.9 Å². The predicted octanol–water partition coefficient (Wildman–Crippen LogP) is 2.67. The number of hydrazine groups is 1. The first-order valence-corrected chi connectivity index (χ1v) is 8.82. The number of ether oxygens (including phenoxy) is 1. The van der Waals surface area contributed by atoms with Gasteiger partial charge in [-0.25, -0.2) is 4.39 Å². The molecule has 5 nitrogen and oxygen atoms in total. The third-order valence-electron chi connectivity index (χ3n) is 3.17. The van der Waals surface area contributed by atoms with Gasteiger partial charge < -0.3 is 4.74 Å². The summed E-state index contributed by atoms with van der Waals surface area (Å²) in [6.45, 7) is 1.54. The molecule has 2 aromatic rings. The Bertz CT molecular complexity index is 695. The van der Waals surface area contributed by atoms with Crippen LogP contribution in [0.5, 0.6) is 5.75 Å². The first-order chi connectivity index (χ1) is 12.0. The van der Waals surface area contributed by atoms with Crippen LogP contribution in [0.4, 0.5) is 4.39 Å². The van der Waals surface area contributed by atoms with Crippen LogP contribution in [-0.2, 0) is 15.3 Å². The summed E-state index contributed by atoms with van der Waals surface area (Å²) < 4.78 is 18.2. The van der Waals surface area contributed by atoms with E-state index in [1.165, 1.54) is 43.0 Å². The fourth-order valence-corrected chi connectivity index (χ4v) is 2.66. The Hall–Kier alpha value is -2.54. The molecule has 0 saturated heterocycles. The molecule has 1 unspecified atom stereocenters. The second-order valence-corrected chi connectivity index (χ2v) is 6.22.